The maximum Gasteiger partial charge on any atom is 0.0797 e. The first kappa shape index (κ1) is 7.73. The van der Waals surface area contributed by atoms with Crippen molar-refractivity contribution in [2.24, 2.45) is 0 Å². The van der Waals surface area contributed by atoms with E-state index in [9.17, 15) is 0 Å². The Morgan fingerprint density at radius 1 is 1.86 bits per heavy atom. The first-order valence-corrected chi connectivity index (χ1v) is 3.51. The van der Waals surface area contributed by atoms with Crippen LogP contribution in [0, 0.1) is 0 Å². The molecule has 0 heterocycles. The van der Waals surface area contributed by atoms with Crippen LogP contribution >= 0.6 is 27.5 Å². The molecular formula is C4H8BrClO. The molecule has 0 aliphatic heterocycles. The van der Waals surface area contributed by atoms with Crippen LogP contribution in [0.25, 0.3) is 0 Å². The van der Waals surface area contributed by atoms with Gasteiger partial charge in [-0.3, -0.25) is 0 Å². The Bertz CT molecular complexity index is 49.0. The van der Waals surface area contributed by atoms with E-state index in [4.69, 9.17) is 16.7 Å². The molecule has 0 radical (unpaired) electrons. The van der Waals surface area contributed by atoms with Crippen LogP contribution in [0.1, 0.15) is 6.92 Å². The lowest BCUT2D eigenvalue weighted by Gasteiger charge is -2.06. The zero-order valence-electron chi connectivity index (χ0n) is 4.06. The number of alkyl halides is 2. The average Bonchev–Trinajstić information content (AvgIpc) is 1.65. The van der Waals surface area contributed by atoms with Gasteiger partial charge in [0.2, 0.25) is 0 Å². The van der Waals surface area contributed by atoms with Crippen LogP contribution in [-0.4, -0.2) is 21.9 Å². The number of aliphatic hydroxyl groups is 1. The van der Waals surface area contributed by atoms with Gasteiger partial charge in [-0.2, -0.15) is 0 Å². The van der Waals surface area contributed by atoms with Crippen molar-refractivity contribution in [2.75, 3.05) is 5.88 Å². The summed E-state index contributed by atoms with van der Waals surface area (Å²) in [5.41, 5.74) is 0. The first-order chi connectivity index (χ1) is 3.18. The molecule has 3 heteroatoms. The smallest absolute Gasteiger partial charge is 0.0797 e. The van der Waals surface area contributed by atoms with Crippen molar-refractivity contribution in [3.63, 3.8) is 0 Å². The fourth-order valence-corrected chi connectivity index (χ4v) is 0.792. The first-order valence-electron chi connectivity index (χ1n) is 2.06. The number of hydrogen-bond donors (Lipinski definition) is 1. The zero-order chi connectivity index (χ0) is 5.86. The van der Waals surface area contributed by atoms with Crippen LogP contribution in [0.15, 0.2) is 0 Å². The molecular weight excluding hydrogens is 179 g/mol. The molecule has 0 saturated heterocycles. The topological polar surface area (TPSA) is 20.2 Å². The standard InChI is InChI=1S/C4H8BrClO/c1-3(5)4(7)2-6/h3-4,7H,2H2,1H3. The highest BCUT2D eigenvalue weighted by Gasteiger charge is 2.06. The van der Waals surface area contributed by atoms with E-state index in [2.05, 4.69) is 15.9 Å². The molecule has 0 rings (SSSR count). The number of hydrogen-bond acceptors (Lipinski definition) is 1. The monoisotopic (exact) mass is 186 g/mol. The van der Waals surface area contributed by atoms with Gasteiger partial charge in [0.1, 0.15) is 0 Å². The predicted molar refractivity (Wildman–Crippen MR) is 35.1 cm³/mol. The Hall–Kier alpha value is 0.730. The van der Waals surface area contributed by atoms with Gasteiger partial charge in [-0.15, -0.1) is 11.6 Å². The van der Waals surface area contributed by atoms with Gasteiger partial charge in [0.05, 0.1) is 6.10 Å². The molecule has 0 amide bonds. The highest BCUT2D eigenvalue weighted by Crippen LogP contribution is 2.04. The molecule has 0 saturated carbocycles. The Morgan fingerprint density at radius 2 is 2.29 bits per heavy atom. The van der Waals surface area contributed by atoms with Gasteiger partial charge in [-0.1, -0.05) is 22.9 Å². The highest BCUT2D eigenvalue weighted by molar-refractivity contribution is 9.09. The maximum atomic E-state index is 8.76. The third-order valence-electron chi connectivity index (χ3n) is 0.688. The van der Waals surface area contributed by atoms with Crippen molar-refractivity contribution in [1.82, 2.24) is 0 Å². The van der Waals surface area contributed by atoms with Gasteiger partial charge in [0.15, 0.2) is 0 Å². The molecule has 0 aliphatic rings. The summed E-state index contributed by atoms with van der Waals surface area (Å²) in [7, 11) is 0. The summed E-state index contributed by atoms with van der Waals surface area (Å²) >= 11 is 8.43. The van der Waals surface area contributed by atoms with Crippen molar-refractivity contribution in [3.05, 3.63) is 0 Å². The SMILES string of the molecule is CC(Br)C(O)CCl. The summed E-state index contributed by atoms with van der Waals surface area (Å²) in [6.07, 6.45) is -0.415. The van der Waals surface area contributed by atoms with E-state index in [-0.39, 0.29) is 4.83 Å². The van der Waals surface area contributed by atoms with Crippen molar-refractivity contribution in [2.45, 2.75) is 17.9 Å². The minimum Gasteiger partial charge on any atom is -0.391 e. The average molecular weight is 187 g/mol. The Balaban J connectivity index is 3.14. The van der Waals surface area contributed by atoms with E-state index in [1.54, 1.807) is 0 Å². The molecule has 0 aromatic rings. The van der Waals surface area contributed by atoms with E-state index in [1.165, 1.54) is 0 Å². The number of rotatable bonds is 2. The molecule has 2 unspecified atom stereocenters. The molecule has 7 heavy (non-hydrogen) atoms. The lowest BCUT2D eigenvalue weighted by molar-refractivity contribution is 0.201. The van der Waals surface area contributed by atoms with Crippen LogP contribution in [0.3, 0.4) is 0 Å². The van der Waals surface area contributed by atoms with Gasteiger partial charge in [-0.05, 0) is 0 Å². The molecule has 44 valence electrons. The second-order valence-corrected chi connectivity index (χ2v) is 3.15. The molecule has 0 aromatic carbocycles. The van der Waals surface area contributed by atoms with Crippen molar-refractivity contribution in [1.29, 1.82) is 0 Å². The Kier molecular flexibility index (Phi) is 4.08. The minimum atomic E-state index is -0.415. The zero-order valence-corrected chi connectivity index (χ0v) is 6.41. The molecule has 2 atom stereocenters. The molecule has 0 spiro atoms. The Labute approximate surface area is 56.8 Å². The minimum absolute atomic E-state index is 0.102. The summed E-state index contributed by atoms with van der Waals surface area (Å²) < 4.78 is 0. The van der Waals surface area contributed by atoms with Crippen LogP contribution in [-0.2, 0) is 0 Å². The molecule has 1 nitrogen and oxygen atoms in total. The normalized spacial score (nSPS) is 18.9. The summed E-state index contributed by atoms with van der Waals surface area (Å²) in [6, 6.07) is 0. The lowest BCUT2D eigenvalue weighted by Crippen LogP contribution is -2.18. The van der Waals surface area contributed by atoms with Gasteiger partial charge in [0, 0.05) is 10.7 Å². The summed E-state index contributed by atoms with van der Waals surface area (Å²) in [5, 5.41) is 8.76. The van der Waals surface area contributed by atoms with Crippen LogP contribution in [0.2, 0.25) is 0 Å². The largest absolute Gasteiger partial charge is 0.391 e. The summed E-state index contributed by atoms with van der Waals surface area (Å²) in [4.78, 5) is 0.102. The molecule has 0 aliphatic carbocycles. The van der Waals surface area contributed by atoms with Gasteiger partial charge < -0.3 is 5.11 Å². The Morgan fingerprint density at radius 3 is 2.29 bits per heavy atom. The molecule has 1 N–H and O–H groups in total. The number of halogens is 2. The third-order valence-corrected chi connectivity index (χ3v) is 1.61. The molecule has 0 bridgehead atoms. The fraction of sp³-hybridized carbons (Fsp3) is 1.00. The summed E-state index contributed by atoms with van der Waals surface area (Å²) in [6.45, 7) is 1.85. The number of aliphatic hydroxyl groups excluding tert-OH is 1. The predicted octanol–water partition coefficient (Wildman–Crippen LogP) is 1.37. The van der Waals surface area contributed by atoms with Crippen molar-refractivity contribution in [3.8, 4) is 0 Å². The second kappa shape index (κ2) is 3.70. The second-order valence-electron chi connectivity index (χ2n) is 1.40. The maximum absolute atomic E-state index is 8.76. The van der Waals surface area contributed by atoms with Crippen LogP contribution < -0.4 is 0 Å². The molecule has 0 fully saturated rings. The van der Waals surface area contributed by atoms with E-state index >= 15 is 0 Å². The lowest BCUT2D eigenvalue weighted by atomic mass is 10.3. The van der Waals surface area contributed by atoms with E-state index in [1.807, 2.05) is 6.92 Å². The van der Waals surface area contributed by atoms with Crippen LogP contribution in [0.5, 0.6) is 0 Å². The van der Waals surface area contributed by atoms with Crippen molar-refractivity contribution < 1.29 is 5.11 Å². The van der Waals surface area contributed by atoms with Crippen LogP contribution in [0.4, 0.5) is 0 Å². The van der Waals surface area contributed by atoms with E-state index in [0.29, 0.717) is 5.88 Å². The van der Waals surface area contributed by atoms with Gasteiger partial charge in [-0.25, -0.2) is 0 Å². The molecule has 0 aromatic heterocycles. The van der Waals surface area contributed by atoms with E-state index in [0.717, 1.165) is 0 Å². The third kappa shape index (κ3) is 3.32. The van der Waals surface area contributed by atoms with E-state index < -0.39 is 6.10 Å². The van der Waals surface area contributed by atoms with Gasteiger partial charge in [0.25, 0.3) is 0 Å². The van der Waals surface area contributed by atoms with Gasteiger partial charge >= 0.3 is 0 Å². The highest BCUT2D eigenvalue weighted by atomic mass is 79.9. The van der Waals surface area contributed by atoms with Crippen molar-refractivity contribution >= 4 is 27.5 Å². The quantitative estimate of drug-likeness (QED) is 0.648. The fourth-order valence-electron chi connectivity index (χ4n) is 0.123. The summed E-state index contributed by atoms with van der Waals surface area (Å²) in [5.74, 6) is 0.298.